The van der Waals surface area contributed by atoms with Gasteiger partial charge in [0.05, 0.1) is 32.0 Å². The molecule has 2 saturated heterocycles. The molecule has 2 aliphatic heterocycles. The number of unbranched alkanes of at least 4 members (excludes halogenated alkanes) is 6. The van der Waals surface area contributed by atoms with E-state index in [1.165, 1.54) is 0 Å². The lowest BCUT2D eigenvalue weighted by molar-refractivity contribution is -0.359. The first-order valence-corrected chi connectivity index (χ1v) is 26.8. The minimum Gasteiger partial charge on any atom is -0.394 e. The Bertz CT molecular complexity index is 1670. The van der Waals surface area contributed by atoms with Gasteiger partial charge in [-0.2, -0.15) is 0 Å². The van der Waals surface area contributed by atoms with E-state index in [0.717, 1.165) is 109 Å². The van der Waals surface area contributed by atoms with Gasteiger partial charge in [0.2, 0.25) is 5.91 Å². The lowest BCUT2D eigenvalue weighted by atomic mass is 9.97. The first-order chi connectivity index (χ1) is 35.1. The first-order valence-electron chi connectivity index (χ1n) is 26.8. The Labute approximate surface area is 431 Å². The van der Waals surface area contributed by atoms with E-state index in [0.29, 0.717) is 12.8 Å². The van der Waals surface area contributed by atoms with E-state index in [1.807, 2.05) is 6.92 Å². The fraction of sp³-hybridized carbons (Fsp3) is 0.638. The molecule has 2 fully saturated rings. The third-order valence-corrected chi connectivity index (χ3v) is 12.2. The van der Waals surface area contributed by atoms with Crippen LogP contribution in [-0.4, -0.2) is 140 Å². The van der Waals surface area contributed by atoms with Gasteiger partial charge in [-0.15, -0.1) is 0 Å². The summed E-state index contributed by atoms with van der Waals surface area (Å²) in [4.78, 5) is 13.0. The lowest BCUT2D eigenvalue weighted by Gasteiger charge is -2.46. The Morgan fingerprint density at radius 2 is 0.958 bits per heavy atom. The van der Waals surface area contributed by atoms with Crippen LogP contribution in [0.3, 0.4) is 0 Å². The van der Waals surface area contributed by atoms with E-state index >= 15 is 0 Å². The molecule has 0 aromatic carbocycles. The Morgan fingerprint density at radius 3 is 1.43 bits per heavy atom. The molecule has 2 aliphatic rings. The van der Waals surface area contributed by atoms with Crippen LogP contribution in [0.1, 0.15) is 142 Å². The zero-order chi connectivity index (χ0) is 52.4. The smallest absolute Gasteiger partial charge is 0.220 e. The Morgan fingerprint density at radius 1 is 0.514 bits per heavy atom. The molecule has 0 radical (unpaired) electrons. The van der Waals surface area contributed by atoms with Crippen molar-refractivity contribution in [2.45, 2.75) is 216 Å². The van der Waals surface area contributed by atoms with Gasteiger partial charge in [0.25, 0.3) is 0 Å². The molecule has 0 spiro atoms. The summed E-state index contributed by atoms with van der Waals surface area (Å²) in [5.41, 5.74) is 0. The fourth-order valence-electron chi connectivity index (χ4n) is 7.85. The van der Waals surface area contributed by atoms with Crippen LogP contribution in [0.5, 0.6) is 0 Å². The highest BCUT2D eigenvalue weighted by Crippen LogP contribution is 2.30. The van der Waals surface area contributed by atoms with Gasteiger partial charge in [0.15, 0.2) is 12.6 Å². The number of rotatable bonds is 39. The summed E-state index contributed by atoms with van der Waals surface area (Å²) in [5, 5.41) is 86.0. The molecule has 12 atom stereocenters. The van der Waals surface area contributed by atoms with Crippen molar-refractivity contribution in [3.8, 4) is 0 Å². The lowest BCUT2D eigenvalue weighted by Crippen LogP contribution is -2.65. The summed E-state index contributed by atoms with van der Waals surface area (Å²) in [7, 11) is 0. The highest BCUT2D eigenvalue weighted by atomic mass is 16.7. The number of hydrogen-bond acceptors (Lipinski definition) is 13. The van der Waals surface area contributed by atoms with Gasteiger partial charge in [0.1, 0.15) is 48.8 Å². The first kappa shape index (κ1) is 64.5. The second-order valence-electron chi connectivity index (χ2n) is 18.3. The van der Waals surface area contributed by atoms with Crippen molar-refractivity contribution in [3.05, 3.63) is 122 Å². The quantitative estimate of drug-likeness (QED) is 0.0211. The molecule has 0 aromatic rings. The van der Waals surface area contributed by atoms with Crippen molar-refractivity contribution >= 4 is 5.91 Å². The zero-order valence-electron chi connectivity index (χ0n) is 43.4. The Kier molecular flexibility index (Phi) is 38.3. The van der Waals surface area contributed by atoms with Gasteiger partial charge in [-0.25, -0.2) is 0 Å². The maximum Gasteiger partial charge on any atom is 0.220 e. The minimum atomic E-state index is -1.79. The Hall–Kier alpha value is -3.61. The monoisotopic (exact) mass is 1010 g/mol. The molecule has 0 bridgehead atoms. The van der Waals surface area contributed by atoms with Gasteiger partial charge in [-0.1, -0.05) is 167 Å². The fourth-order valence-corrected chi connectivity index (χ4v) is 7.85. The molecular formula is C58H93NO13. The van der Waals surface area contributed by atoms with Crippen molar-refractivity contribution in [2.75, 3.05) is 19.8 Å². The number of aliphatic hydroxyl groups excluding tert-OH is 8. The molecule has 72 heavy (non-hydrogen) atoms. The maximum atomic E-state index is 13.0. The minimum absolute atomic E-state index is 0.251. The molecule has 408 valence electrons. The summed E-state index contributed by atoms with van der Waals surface area (Å²) >= 11 is 0. The van der Waals surface area contributed by atoms with Gasteiger partial charge < -0.3 is 65.1 Å². The molecule has 0 aromatic heterocycles. The van der Waals surface area contributed by atoms with Crippen LogP contribution in [0.4, 0.5) is 0 Å². The third-order valence-electron chi connectivity index (χ3n) is 12.2. The number of nitrogens with one attached hydrogen (secondary N) is 1. The average Bonchev–Trinajstić information content (AvgIpc) is 3.38. The van der Waals surface area contributed by atoms with Crippen molar-refractivity contribution in [3.63, 3.8) is 0 Å². The topological polar surface area (TPSA) is 228 Å². The summed E-state index contributed by atoms with van der Waals surface area (Å²) in [6.07, 6.45) is 44.7. The molecule has 0 aliphatic carbocycles. The molecule has 14 heteroatoms. The molecular weight excluding hydrogens is 919 g/mol. The number of ether oxygens (including phenoxy) is 4. The summed E-state index contributed by atoms with van der Waals surface area (Å²) in [6.45, 7) is 2.50. The number of carbonyl (C=O) groups is 1. The van der Waals surface area contributed by atoms with E-state index in [-0.39, 0.29) is 18.9 Å². The predicted octanol–water partition coefficient (Wildman–Crippen LogP) is 7.88. The van der Waals surface area contributed by atoms with Gasteiger partial charge in [-0.05, 0) is 89.9 Å². The molecule has 9 N–H and O–H groups in total. The number of amides is 1. The number of aliphatic hydroxyl groups is 8. The molecule has 2 heterocycles. The van der Waals surface area contributed by atoms with Crippen molar-refractivity contribution in [1.82, 2.24) is 5.32 Å². The largest absolute Gasteiger partial charge is 0.394 e. The maximum absolute atomic E-state index is 13.0. The molecule has 1 amide bonds. The SMILES string of the molecule is CC/C=C\C/C=C\C/C=C\C/C=C\C/C=C\C/C=C\C/C=C\C/C=C\C/C=C\C/C=C\CCCCCCC(=O)NC(COC1OC(CO)C(OC2OC(CO)C(O)C(O)C2O)C(O)C1O)C(O)CCCCC. The average molecular weight is 1010 g/mol. The van der Waals surface area contributed by atoms with Crippen LogP contribution in [0.15, 0.2) is 122 Å². The van der Waals surface area contributed by atoms with Gasteiger partial charge in [0, 0.05) is 6.42 Å². The van der Waals surface area contributed by atoms with Crippen LogP contribution in [0.2, 0.25) is 0 Å². The zero-order valence-corrected chi connectivity index (χ0v) is 43.4. The van der Waals surface area contributed by atoms with E-state index in [9.17, 15) is 45.6 Å². The number of hydrogen-bond donors (Lipinski definition) is 9. The van der Waals surface area contributed by atoms with Crippen molar-refractivity contribution in [1.29, 1.82) is 0 Å². The van der Waals surface area contributed by atoms with Gasteiger partial charge in [-0.3, -0.25) is 4.79 Å². The Balaban J connectivity index is 1.58. The van der Waals surface area contributed by atoms with Crippen molar-refractivity contribution < 1.29 is 64.6 Å². The van der Waals surface area contributed by atoms with Crippen LogP contribution in [0.25, 0.3) is 0 Å². The van der Waals surface area contributed by atoms with Crippen LogP contribution in [0, 0.1) is 0 Å². The predicted molar refractivity (Wildman–Crippen MR) is 285 cm³/mol. The number of carbonyl (C=O) groups excluding carboxylic acids is 1. The molecule has 12 unspecified atom stereocenters. The highest BCUT2D eigenvalue weighted by molar-refractivity contribution is 5.76. The molecule has 0 saturated carbocycles. The second kappa shape index (κ2) is 42.7. The third kappa shape index (κ3) is 28.7. The van der Waals surface area contributed by atoms with E-state index in [4.69, 9.17) is 18.9 Å². The second-order valence-corrected chi connectivity index (χ2v) is 18.3. The van der Waals surface area contributed by atoms with E-state index in [2.05, 4.69) is 134 Å². The van der Waals surface area contributed by atoms with Crippen LogP contribution < -0.4 is 5.32 Å². The van der Waals surface area contributed by atoms with Gasteiger partial charge >= 0.3 is 0 Å². The van der Waals surface area contributed by atoms with E-state index < -0.39 is 86.8 Å². The van der Waals surface area contributed by atoms with E-state index in [1.54, 1.807) is 0 Å². The normalized spacial score (nSPS) is 26.6. The highest BCUT2D eigenvalue weighted by Gasteiger charge is 2.51. The number of allylic oxidation sites excluding steroid dienone is 20. The summed E-state index contributed by atoms with van der Waals surface area (Å²) in [5.74, 6) is -0.251. The van der Waals surface area contributed by atoms with Crippen LogP contribution in [-0.2, 0) is 23.7 Å². The van der Waals surface area contributed by atoms with Crippen molar-refractivity contribution in [2.24, 2.45) is 0 Å². The van der Waals surface area contributed by atoms with Crippen LogP contribution >= 0.6 is 0 Å². The molecule has 14 nitrogen and oxygen atoms in total. The summed E-state index contributed by atoms with van der Waals surface area (Å²) < 4.78 is 22.5. The molecule has 2 rings (SSSR count). The standard InChI is InChI=1S/C58H93NO13/c1-3-5-7-8-9-10-11-12-13-14-15-16-17-18-19-20-21-22-23-24-25-26-27-28-29-30-31-32-33-34-35-36-37-38-40-42-50(63)59-46(47(62)41-39-6-4-2)45-69-57-55(68)53(66)56(49(44-61)71-57)72-58-54(67)52(65)51(64)48(43-60)70-58/h5,7,9-10,12-13,15-16,18-19,21-22,24-25,27-28,30-31,33-34,46-49,51-58,60-62,64-68H,3-4,6,8,11,14,17,20,23,26,29,32,35-45H2,1-2H3,(H,59,63)/b7-5-,10-9-,13-12-,16-15-,19-18-,22-21-,25-24-,28-27-,31-30-,34-33-. The summed E-state index contributed by atoms with van der Waals surface area (Å²) in [6, 6.07) is -0.847.